The topological polar surface area (TPSA) is 93.0 Å². The summed E-state index contributed by atoms with van der Waals surface area (Å²) in [6, 6.07) is 7.18. The van der Waals surface area contributed by atoms with Crippen LogP contribution in [-0.4, -0.2) is 44.5 Å². The Morgan fingerprint density at radius 1 is 1.37 bits per heavy atom. The Morgan fingerprint density at radius 2 is 2.14 bits per heavy atom. The number of carboxylic acid groups (broad SMARTS) is 1. The molecule has 3 aromatic heterocycles. The van der Waals surface area contributed by atoms with Crippen LogP contribution in [0.25, 0.3) is 27.8 Å². The Balaban J connectivity index is 1.88. The second kappa shape index (κ2) is 8.16. The second-order valence-corrected chi connectivity index (χ2v) is 10.8. The highest BCUT2D eigenvalue weighted by molar-refractivity contribution is 5.94. The molecule has 8 heteroatoms. The summed E-state index contributed by atoms with van der Waals surface area (Å²) in [5.74, 6) is -1.01. The lowest BCUT2D eigenvalue weighted by molar-refractivity contribution is -0.147. The number of H-pyrrole nitrogens is 1. The largest absolute Gasteiger partial charge is 0.481 e. The number of nitrogens with one attached hydrogen (secondary N) is 1. The molecular formula is C27H31FN4O3. The van der Waals surface area contributed by atoms with Crippen LogP contribution in [0.15, 0.2) is 30.5 Å². The number of rotatable bonds is 6. The number of methoxy groups -OCH3 is 1. The van der Waals surface area contributed by atoms with Crippen molar-refractivity contribution in [1.29, 1.82) is 0 Å². The van der Waals surface area contributed by atoms with E-state index in [1.807, 2.05) is 13.0 Å². The Bertz CT molecular complexity index is 1450. The number of hydrogen-bond donors (Lipinski definition) is 2. The van der Waals surface area contributed by atoms with Gasteiger partial charge in [-0.2, -0.15) is 5.10 Å². The van der Waals surface area contributed by atoms with E-state index in [0.717, 1.165) is 39.8 Å². The molecule has 1 fully saturated rings. The first-order valence-electron chi connectivity index (χ1n) is 11.9. The lowest BCUT2D eigenvalue weighted by Crippen LogP contribution is -2.29. The Labute approximate surface area is 203 Å². The van der Waals surface area contributed by atoms with Gasteiger partial charge in [-0.3, -0.25) is 9.89 Å². The smallest absolute Gasteiger partial charge is 0.309 e. The van der Waals surface area contributed by atoms with Crippen molar-refractivity contribution in [2.45, 2.75) is 58.3 Å². The first kappa shape index (κ1) is 23.5. The van der Waals surface area contributed by atoms with Crippen molar-refractivity contribution < 1.29 is 19.0 Å². The van der Waals surface area contributed by atoms with E-state index in [1.54, 1.807) is 26.3 Å². The first-order valence-corrected chi connectivity index (χ1v) is 11.9. The second-order valence-electron chi connectivity index (χ2n) is 10.8. The quantitative estimate of drug-likeness (QED) is 0.375. The van der Waals surface area contributed by atoms with Crippen LogP contribution in [0.3, 0.4) is 0 Å². The molecule has 0 radical (unpaired) electrons. The van der Waals surface area contributed by atoms with E-state index in [4.69, 9.17) is 9.72 Å². The molecule has 0 bridgehead atoms. The number of aliphatic carboxylic acids is 1. The highest BCUT2D eigenvalue weighted by Gasteiger charge is 2.45. The molecule has 1 aromatic carbocycles. The molecule has 1 unspecified atom stereocenters. The molecule has 184 valence electrons. The van der Waals surface area contributed by atoms with Crippen molar-refractivity contribution in [1.82, 2.24) is 19.7 Å². The van der Waals surface area contributed by atoms with Crippen LogP contribution in [-0.2, 0) is 14.9 Å². The van der Waals surface area contributed by atoms with E-state index >= 15 is 0 Å². The number of ether oxygens (including phenoxy) is 1. The summed E-state index contributed by atoms with van der Waals surface area (Å²) < 4.78 is 22.1. The SMILES string of the molecule is COCC(C)(C)c1c(C2CC[C@@](C)(C(=O)O)C2)c2nc3[nH]ncc3cc2n1-c1ccc(F)c(C)c1. The normalized spacial score (nSPS) is 20.8. The number of aromatic amines is 1. The van der Waals surface area contributed by atoms with Gasteiger partial charge in [0.15, 0.2) is 5.65 Å². The molecule has 1 saturated carbocycles. The molecule has 7 nitrogen and oxygen atoms in total. The minimum atomic E-state index is -0.785. The molecule has 2 N–H and O–H groups in total. The number of hydrogen-bond acceptors (Lipinski definition) is 4. The summed E-state index contributed by atoms with van der Waals surface area (Å²) in [7, 11) is 1.68. The van der Waals surface area contributed by atoms with Crippen LogP contribution in [0.5, 0.6) is 0 Å². The lowest BCUT2D eigenvalue weighted by atomic mass is 9.81. The number of aryl methyl sites for hydroxylation is 1. The molecular weight excluding hydrogens is 447 g/mol. The van der Waals surface area contributed by atoms with Crippen molar-refractivity contribution in [2.24, 2.45) is 5.41 Å². The van der Waals surface area contributed by atoms with Crippen molar-refractivity contribution >= 4 is 28.0 Å². The molecule has 1 aliphatic carbocycles. The fourth-order valence-corrected chi connectivity index (χ4v) is 5.79. The number of pyridine rings is 1. The molecule has 1 aliphatic rings. The fraction of sp³-hybridized carbons (Fsp3) is 0.444. The summed E-state index contributed by atoms with van der Waals surface area (Å²) >= 11 is 0. The minimum Gasteiger partial charge on any atom is -0.481 e. The summed E-state index contributed by atoms with van der Waals surface area (Å²) in [4.78, 5) is 17.1. The summed E-state index contributed by atoms with van der Waals surface area (Å²) in [6.07, 6.45) is 3.63. The van der Waals surface area contributed by atoms with Gasteiger partial charge in [-0.25, -0.2) is 9.37 Å². The van der Waals surface area contributed by atoms with Crippen molar-refractivity contribution in [3.63, 3.8) is 0 Å². The van der Waals surface area contributed by atoms with E-state index in [1.165, 1.54) is 6.07 Å². The molecule has 5 rings (SSSR count). The molecule has 4 aromatic rings. The Hall–Kier alpha value is -3.26. The molecule has 0 amide bonds. The van der Waals surface area contributed by atoms with Crippen molar-refractivity contribution in [2.75, 3.05) is 13.7 Å². The predicted octanol–water partition coefficient (Wildman–Crippen LogP) is 5.63. The van der Waals surface area contributed by atoms with E-state index in [9.17, 15) is 14.3 Å². The minimum absolute atomic E-state index is 0.0143. The van der Waals surface area contributed by atoms with Crippen LogP contribution in [0.1, 0.15) is 62.8 Å². The van der Waals surface area contributed by atoms with Gasteiger partial charge in [-0.15, -0.1) is 0 Å². The maximum atomic E-state index is 14.3. The van der Waals surface area contributed by atoms with Gasteiger partial charge in [-0.05, 0) is 68.9 Å². The molecule has 0 spiro atoms. The van der Waals surface area contributed by atoms with Crippen LogP contribution in [0.2, 0.25) is 0 Å². The number of fused-ring (bicyclic) bond motifs is 2. The molecule has 35 heavy (non-hydrogen) atoms. The maximum Gasteiger partial charge on any atom is 0.309 e. The lowest BCUT2D eigenvalue weighted by Gasteiger charge is -2.29. The predicted molar refractivity (Wildman–Crippen MR) is 133 cm³/mol. The average molecular weight is 479 g/mol. The van der Waals surface area contributed by atoms with E-state index in [2.05, 4.69) is 34.7 Å². The van der Waals surface area contributed by atoms with Gasteiger partial charge in [0.05, 0.1) is 29.3 Å². The number of nitrogens with zero attached hydrogens (tertiary/aromatic N) is 3. The van der Waals surface area contributed by atoms with E-state index in [-0.39, 0.29) is 11.7 Å². The zero-order chi connectivity index (χ0) is 25.1. The first-order chi connectivity index (χ1) is 16.6. The standard InChI is InChI=1S/C27H31FN4O3/c1-15-10-18(6-7-19(15)28)32-20-11-17-13-29-31-24(17)30-22(20)21(23(32)26(2,3)14-35-5)16-8-9-27(4,12-16)25(33)34/h6-7,10-11,13,16H,8-9,12,14H2,1-5H3,(H,33,34)(H,29,30,31)/t16?,27-/m1/s1. The highest BCUT2D eigenvalue weighted by Crippen LogP contribution is 2.51. The zero-order valence-corrected chi connectivity index (χ0v) is 20.8. The van der Waals surface area contributed by atoms with Gasteiger partial charge >= 0.3 is 5.97 Å². The third-order valence-corrected chi connectivity index (χ3v) is 7.59. The van der Waals surface area contributed by atoms with Crippen LogP contribution >= 0.6 is 0 Å². The van der Waals surface area contributed by atoms with Gasteiger partial charge in [-0.1, -0.05) is 13.8 Å². The Morgan fingerprint density at radius 3 is 2.80 bits per heavy atom. The van der Waals surface area contributed by atoms with Crippen molar-refractivity contribution in [3.05, 3.63) is 53.1 Å². The van der Waals surface area contributed by atoms with Gasteiger partial charge in [0.1, 0.15) is 5.82 Å². The van der Waals surface area contributed by atoms with Gasteiger partial charge in [0.2, 0.25) is 0 Å². The fourth-order valence-electron chi connectivity index (χ4n) is 5.79. The van der Waals surface area contributed by atoms with Crippen molar-refractivity contribution in [3.8, 4) is 5.69 Å². The maximum absolute atomic E-state index is 14.3. The summed E-state index contributed by atoms with van der Waals surface area (Å²) in [5.41, 5.74) is 4.64. The number of carbonyl (C=O) groups is 1. The zero-order valence-electron chi connectivity index (χ0n) is 20.8. The number of carboxylic acids is 1. The van der Waals surface area contributed by atoms with Crippen LogP contribution in [0.4, 0.5) is 4.39 Å². The van der Waals surface area contributed by atoms with Crippen LogP contribution in [0, 0.1) is 18.2 Å². The third-order valence-electron chi connectivity index (χ3n) is 7.59. The number of halogens is 1. The van der Waals surface area contributed by atoms with Gasteiger partial charge < -0.3 is 14.4 Å². The summed E-state index contributed by atoms with van der Waals surface area (Å²) in [6.45, 7) is 8.30. The summed E-state index contributed by atoms with van der Waals surface area (Å²) in [5, 5.41) is 17.9. The third kappa shape index (κ3) is 3.71. The molecule has 3 heterocycles. The molecule has 0 aliphatic heterocycles. The number of benzene rings is 1. The van der Waals surface area contributed by atoms with Gasteiger partial charge in [0, 0.05) is 34.9 Å². The van der Waals surface area contributed by atoms with Gasteiger partial charge in [0.25, 0.3) is 0 Å². The number of aromatic nitrogens is 4. The average Bonchev–Trinajstić information content (AvgIpc) is 3.50. The Kier molecular flexibility index (Phi) is 5.47. The highest BCUT2D eigenvalue weighted by atomic mass is 19.1. The van der Waals surface area contributed by atoms with E-state index in [0.29, 0.717) is 30.7 Å². The monoisotopic (exact) mass is 478 g/mol. The molecule has 2 atom stereocenters. The molecule has 0 saturated heterocycles. The van der Waals surface area contributed by atoms with Crippen LogP contribution < -0.4 is 0 Å². The van der Waals surface area contributed by atoms with E-state index < -0.39 is 16.8 Å².